The standard InChI is InChI=1S/C17H16N6O4S/c1-27-14-5-3-2-4-13(14)16-20-21-17(22(16)18)28-10-15(24)19-11-6-8-12(9-7-11)23(25)26/h2-9H,10,18H2,1H3,(H,19,24). The van der Waals surface area contributed by atoms with E-state index < -0.39 is 4.92 Å². The van der Waals surface area contributed by atoms with Crippen molar-refractivity contribution in [2.75, 3.05) is 24.0 Å². The predicted octanol–water partition coefficient (Wildman–Crippen LogP) is 2.31. The molecule has 0 fully saturated rings. The van der Waals surface area contributed by atoms with Gasteiger partial charge in [-0.1, -0.05) is 23.9 Å². The maximum Gasteiger partial charge on any atom is 0.269 e. The molecule has 1 heterocycles. The van der Waals surface area contributed by atoms with Crippen molar-refractivity contribution in [1.29, 1.82) is 0 Å². The fraction of sp³-hybridized carbons (Fsp3) is 0.118. The van der Waals surface area contributed by atoms with Crippen molar-refractivity contribution in [1.82, 2.24) is 14.9 Å². The van der Waals surface area contributed by atoms with Gasteiger partial charge in [-0.15, -0.1) is 10.2 Å². The van der Waals surface area contributed by atoms with Crippen LogP contribution in [0.25, 0.3) is 11.4 Å². The van der Waals surface area contributed by atoms with Crippen LogP contribution in [0, 0.1) is 10.1 Å². The third-order valence-corrected chi connectivity index (χ3v) is 4.65. The highest BCUT2D eigenvalue weighted by atomic mass is 32.2. The number of methoxy groups -OCH3 is 1. The van der Waals surface area contributed by atoms with Gasteiger partial charge < -0.3 is 15.9 Å². The predicted molar refractivity (Wildman–Crippen MR) is 105 cm³/mol. The molecule has 2 aromatic carbocycles. The van der Waals surface area contributed by atoms with Crippen molar-refractivity contribution in [3.05, 3.63) is 58.6 Å². The Balaban J connectivity index is 1.64. The van der Waals surface area contributed by atoms with Gasteiger partial charge in [-0.3, -0.25) is 14.9 Å². The van der Waals surface area contributed by atoms with Crippen LogP contribution in [-0.2, 0) is 4.79 Å². The van der Waals surface area contributed by atoms with Gasteiger partial charge in [-0.25, -0.2) is 4.68 Å². The summed E-state index contributed by atoms with van der Waals surface area (Å²) in [5.74, 6) is 6.82. The van der Waals surface area contributed by atoms with Crippen molar-refractivity contribution in [3.8, 4) is 17.1 Å². The van der Waals surface area contributed by atoms with Crippen LogP contribution in [0.1, 0.15) is 0 Å². The molecule has 0 spiro atoms. The average Bonchev–Trinajstić information content (AvgIpc) is 3.07. The molecule has 3 rings (SSSR count). The van der Waals surface area contributed by atoms with Gasteiger partial charge in [0, 0.05) is 17.8 Å². The number of nitrogens with two attached hydrogens (primary N) is 1. The number of nitrogen functional groups attached to an aromatic ring is 1. The van der Waals surface area contributed by atoms with E-state index in [4.69, 9.17) is 10.6 Å². The largest absolute Gasteiger partial charge is 0.496 e. The molecule has 0 unspecified atom stereocenters. The number of non-ortho nitro benzene ring substituents is 1. The normalized spacial score (nSPS) is 10.5. The second kappa shape index (κ2) is 8.39. The second-order valence-corrected chi connectivity index (χ2v) is 6.46. The number of rotatable bonds is 7. The quantitative estimate of drug-likeness (QED) is 0.267. The van der Waals surface area contributed by atoms with Crippen LogP contribution in [0.3, 0.4) is 0 Å². The summed E-state index contributed by atoms with van der Waals surface area (Å²) >= 11 is 1.11. The number of amides is 1. The van der Waals surface area contributed by atoms with Crippen LogP contribution in [0.2, 0.25) is 0 Å². The molecule has 3 N–H and O–H groups in total. The van der Waals surface area contributed by atoms with E-state index in [2.05, 4.69) is 15.5 Å². The van der Waals surface area contributed by atoms with E-state index in [0.717, 1.165) is 11.8 Å². The molecule has 11 heteroatoms. The third kappa shape index (κ3) is 4.20. The zero-order valence-electron chi connectivity index (χ0n) is 14.7. The van der Waals surface area contributed by atoms with Crippen molar-refractivity contribution in [2.45, 2.75) is 5.16 Å². The summed E-state index contributed by atoms with van der Waals surface area (Å²) in [6.07, 6.45) is 0. The van der Waals surface area contributed by atoms with Crippen LogP contribution in [0.15, 0.2) is 53.7 Å². The zero-order chi connectivity index (χ0) is 20.1. The summed E-state index contributed by atoms with van der Waals surface area (Å²) in [5, 5.41) is 21.8. The van der Waals surface area contributed by atoms with Crippen LogP contribution in [-0.4, -0.2) is 38.6 Å². The molecule has 0 aliphatic heterocycles. The van der Waals surface area contributed by atoms with E-state index in [-0.39, 0.29) is 17.3 Å². The SMILES string of the molecule is COc1ccccc1-c1nnc(SCC(=O)Nc2ccc([N+](=O)[O-])cc2)n1N. The maximum absolute atomic E-state index is 12.1. The number of hydrogen-bond acceptors (Lipinski definition) is 8. The number of carbonyl (C=O) groups is 1. The number of nitrogens with one attached hydrogen (secondary N) is 1. The lowest BCUT2D eigenvalue weighted by atomic mass is 10.2. The fourth-order valence-corrected chi connectivity index (χ4v) is 3.04. The van der Waals surface area contributed by atoms with Gasteiger partial charge in [0.25, 0.3) is 5.69 Å². The number of aromatic nitrogens is 3. The number of carbonyl (C=O) groups excluding carboxylic acids is 1. The number of benzene rings is 2. The highest BCUT2D eigenvalue weighted by Crippen LogP contribution is 2.29. The first kappa shape index (κ1) is 19.2. The number of anilines is 1. The lowest BCUT2D eigenvalue weighted by Gasteiger charge is -2.08. The Morgan fingerprint density at radius 3 is 2.64 bits per heavy atom. The Labute approximate surface area is 163 Å². The van der Waals surface area contributed by atoms with Crippen LogP contribution in [0.4, 0.5) is 11.4 Å². The molecule has 3 aromatic rings. The first-order valence-electron chi connectivity index (χ1n) is 8.00. The number of thioether (sulfide) groups is 1. The molecule has 28 heavy (non-hydrogen) atoms. The number of nitrogens with zero attached hydrogens (tertiary/aromatic N) is 4. The first-order valence-corrected chi connectivity index (χ1v) is 8.99. The first-order chi connectivity index (χ1) is 13.5. The number of nitro benzene ring substituents is 1. The van der Waals surface area contributed by atoms with Gasteiger partial charge in [-0.05, 0) is 24.3 Å². The van der Waals surface area contributed by atoms with Crippen molar-refractivity contribution < 1.29 is 14.5 Å². The molecular formula is C17H16N6O4S. The van der Waals surface area contributed by atoms with Crippen molar-refractivity contribution >= 4 is 29.0 Å². The molecule has 10 nitrogen and oxygen atoms in total. The minimum Gasteiger partial charge on any atom is -0.496 e. The van der Waals surface area contributed by atoms with Gasteiger partial charge in [-0.2, -0.15) is 0 Å². The molecule has 1 aromatic heterocycles. The molecule has 0 radical (unpaired) electrons. The van der Waals surface area contributed by atoms with Gasteiger partial charge in [0.1, 0.15) is 5.75 Å². The van der Waals surface area contributed by atoms with Crippen LogP contribution >= 0.6 is 11.8 Å². The minimum atomic E-state index is -0.505. The smallest absolute Gasteiger partial charge is 0.269 e. The highest BCUT2D eigenvalue weighted by Gasteiger charge is 2.16. The summed E-state index contributed by atoms with van der Waals surface area (Å²) in [7, 11) is 1.55. The molecule has 0 aliphatic carbocycles. The van der Waals surface area contributed by atoms with E-state index in [0.29, 0.717) is 28.0 Å². The van der Waals surface area contributed by atoms with Crippen LogP contribution in [0.5, 0.6) is 5.75 Å². The average molecular weight is 400 g/mol. The second-order valence-electron chi connectivity index (χ2n) is 5.52. The van der Waals surface area contributed by atoms with Crippen molar-refractivity contribution in [2.24, 2.45) is 0 Å². The van der Waals surface area contributed by atoms with E-state index >= 15 is 0 Å². The van der Waals surface area contributed by atoms with E-state index in [9.17, 15) is 14.9 Å². The topological polar surface area (TPSA) is 138 Å². The summed E-state index contributed by atoms with van der Waals surface area (Å²) in [6, 6.07) is 12.8. The van der Waals surface area contributed by atoms with Gasteiger partial charge >= 0.3 is 0 Å². The molecule has 0 atom stereocenters. The summed E-state index contributed by atoms with van der Waals surface area (Å²) in [5.41, 5.74) is 1.09. The Hall–Kier alpha value is -3.60. The lowest BCUT2D eigenvalue weighted by Crippen LogP contribution is -2.16. The number of para-hydroxylation sites is 1. The van der Waals surface area contributed by atoms with Gasteiger partial charge in [0.15, 0.2) is 5.82 Å². The van der Waals surface area contributed by atoms with E-state index in [1.54, 1.807) is 13.2 Å². The van der Waals surface area contributed by atoms with E-state index in [1.165, 1.54) is 28.9 Å². The Kier molecular flexibility index (Phi) is 5.75. The lowest BCUT2D eigenvalue weighted by molar-refractivity contribution is -0.384. The Bertz CT molecular complexity index is 1010. The van der Waals surface area contributed by atoms with Crippen molar-refractivity contribution in [3.63, 3.8) is 0 Å². The fourth-order valence-electron chi connectivity index (χ4n) is 2.38. The summed E-state index contributed by atoms with van der Waals surface area (Å²) in [4.78, 5) is 22.3. The molecule has 0 saturated heterocycles. The Morgan fingerprint density at radius 2 is 1.96 bits per heavy atom. The molecule has 144 valence electrons. The molecule has 0 aliphatic rings. The summed E-state index contributed by atoms with van der Waals surface area (Å²) in [6.45, 7) is 0. The monoisotopic (exact) mass is 400 g/mol. The molecular weight excluding hydrogens is 384 g/mol. The van der Waals surface area contributed by atoms with Gasteiger partial charge in [0.05, 0.1) is 23.3 Å². The molecule has 1 amide bonds. The van der Waals surface area contributed by atoms with Gasteiger partial charge in [0.2, 0.25) is 11.1 Å². The third-order valence-electron chi connectivity index (χ3n) is 3.71. The molecule has 0 saturated carbocycles. The summed E-state index contributed by atoms with van der Waals surface area (Å²) < 4.78 is 6.60. The minimum absolute atomic E-state index is 0.0399. The number of hydrogen-bond donors (Lipinski definition) is 2. The maximum atomic E-state index is 12.1. The zero-order valence-corrected chi connectivity index (χ0v) is 15.5. The number of nitro groups is 1. The highest BCUT2D eigenvalue weighted by molar-refractivity contribution is 7.99. The van der Waals surface area contributed by atoms with Crippen LogP contribution < -0.4 is 15.9 Å². The number of ether oxygens (including phenoxy) is 1. The van der Waals surface area contributed by atoms with E-state index in [1.807, 2.05) is 18.2 Å². The Morgan fingerprint density at radius 1 is 1.25 bits per heavy atom. The molecule has 0 bridgehead atoms.